The Morgan fingerprint density at radius 1 is 1.07 bits per heavy atom. The predicted octanol–water partition coefficient (Wildman–Crippen LogP) is 4.03. The van der Waals surface area contributed by atoms with Gasteiger partial charge in [0.2, 0.25) is 0 Å². The minimum atomic E-state index is -0.730. The first kappa shape index (κ1) is 28.7. The Morgan fingerprint density at radius 3 is 2.93 bits per heavy atom. The Morgan fingerprint density at radius 2 is 2.00 bits per heavy atom. The summed E-state index contributed by atoms with van der Waals surface area (Å²) < 4.78 is 50.5. The number of benzene rings is 2. The topological polar surface area (TPSA) is 105 Å². The van der Waals surface area contributed by atoms with Crippen molar-refractivity contribution in [1.29, 1.82) is 0 Å². The van der Waals surface area contributed by atoms with Crippen molar-refractivity contribution in [2.24, 2.45) is 0 Å². The maximum Gasteiger partial charge on any atom is 0.319 e. The van der Waals surface area contributed by atoms with Gasteiger partial charge in [-0.05, 0) is 55.8 Å². The Kier molecular flexibility index (Phi) is 7.40. The van der Waals surface area contributed by atoms with Crippen LogP contribution in [0, 0.1) is 11.6 Å². The molecule has 45 heavy (non-hydrogen) atoms. The molecule has 236 valence electrons. The van der Waals surface area contributed by atoms with Gasteiger partial charge in [-0.3, -0.25) is 9.88 Å². The van der Waals surface area contributed by atoms with Crippen LogP contribution in [0.4, 0.5) is 14.6 Å². The molecule has 2 aromatic heterocycles. The third-order valence-electron chi connectivity index (χ3n) is 9.71. The van der Waals surface area contributed by atoms with Crippen molar-refractivity contribution in [1.82, 2.24) is 25.2 Å². The van der Waals surface area contributed by atoms with Gasteiger partial charge in [0.25, 0.3) is 0 Å². The van der Waals surface area contributed by atoms with E-state index in [1.54, 1.807) is 12.1 Å². The summed E-state index contributed by atoms with van der Waals surface area (Å²) in [5.41, 5.74) is -0.114. The molecule has 10 nitrogen and oxygen atoms in total. The first-order valence-electron chi connectivity index (χ1n) is 15.8. The molecule has 6 bridgehead atoms. The molecule has 2 N–H and O–H groups in total. The fraction of sp³-hybridized carbons (Fsp3) is 0.485. The van der Waals surface area contributed by atoms with Crippen LogP contribution in [0.25, 0.3) is 32.9 Å². The number of phenols is 1. The highest BCUT2D eigenvalue weighted by atomic mass is 19.1. The zero-order chi connectivity index (χ0) is 30.5. The molecule has 0 aliphatic carbocycles. The summed E-state index contributed by atoms with van der Waals surface area (Å²) in [6.07, 6.45) is 5.40. The van der Waals surface area contributed by atoms with Crippen molar-refractivity contribution in [3.8, 4) is 23.0 Å². The number of piperazine rings is 1. The minimum absolute atomic E-state index is 0.0329. The number of hydrogen-bond acceptors (Lipinski definition) is 10. The normalized spacial score (nSPS) is 26.1. The molecule has 4 aromatic rings. The van der Waals surface area contributed by atoms with Gasteiger partial charge in [-0.2, -0.15) is 9.97 Å². The van der Waals surface area contributed by atoms with Crippen molar-refractivity contribution in [2.75, 3.05) is 64.1 Å². The summed E-state index contributed by atoms with van der Waals surface area (Å²) in [5, 5.41) is 15.0. The van der Waals surface area contributed by atoms with E-state index < -0.39 is 11.6 Å². The number of anilines is 1. The van der Waals surface area contributed by atoms with Gasteiger partial charge in [-0.25, -0.2) is 8.78 Å². The summed E-state index contributed by atoms with van der Waals surface area (Å²) in [5.74, 6) is -0.848. The Bertz CT molecular complexity index is 1760. The average molecular weight is 619 g/mol. The molecular formula is C33H36F2N6O4. The molecule has 1 spiro atoms. The highest BCUT2D eigenvalue weighted by Crippen LogP contribution is 2.41. The Balaban J connectivity index is 1.25. The third kappa shape index (κ3) is 5.23. The zero-order valence-electron chi connectivity index (χ0n) is 25.0. The molecule has 4 aliphatic heterocycles. The SMILES string of the molecule is Oc1cc(-c2ncc3c4nc(nc3c2F)OC[C@]23CCCN2C[C@@H](C3)OCCCOC[C@H]2CN4CCN2)c2c(F)cccc2c1. The molecule has 0 unspecified atom stereocenters. The largest absolute Gasteiger partial charge is 0.508 e. The minimum Gasteiger partial charge on any atom is -0.508 e. The van der Waals surface area contributed by atoms with Crippen LogP contribution in [0.5, 0.6) is 11.8 Å². The highest BCUT2D eigenvalue weighted by molar-refractivity contribution is 6.00. The smallest absolute Gasteiger partial charge is 0.319 e. The number of aromatic hydroxyl groups is 1. The second-order valence-electron chi connectivity index (χ2n) is 12.6. The Labute approximate surface area is 259 Å². The van der Waals surface area contributed by atoms with Crippen molar-refractivity contribution >= 4 is 27.5 Å². The maximum atomic E-state index is 16.7. The van der Waals surface area contributed by atoms with Crippen molar-refractivity contribution in [3.63, 3.8) is 0 Å². The fourth-order valence-corrected chi connectivity index (χ4v) is 7.61. The highest BCUT2D eigenvalue weighted by Gasteiger charge is 2.49. The van der Waals surface area contributed by atoms with Crippen LogP contribution in [0.3, 0.4) is 0 Å². The molecular weight excluding hydrogens is 582 g/mol. The standard InChI is InChI=1S/C33H36F2N6O4/c34-26-5-1-4-20-12-22(42)13-24(27(20)26)29-28(35)30-25(15-37-29)31-39-32(38-30)45-19-33-6-2-8-41(33)17-23(14-33)44-11-3-10-43-18-21-16-40(31)9-7-36-21/h1,4-5,12-13,15,21,23,36,42H,2-3,6-11,14,16-19H2/t21-,23-,33-/m1/s1. The first-order valence-corrected chi connectivity index (χ1v) is 15.8. The molecule has 3 fully saturated rings. The molecule has 3 saturated heterocycles. The molecule has 4 aliphatic rings. The molecule has 6 heterocycles. The second kappa shape index (κ2) is 11.6. The lowest BCUT2D eigenvalue weighted by molar-refractivity contribution is 0.0326. The van der Waals surface area contributed by atoms with Crippen LogP contribution in [0.2, 0.25) is 0 Å². The van der Waals surface area contributed by atoms with Gasteiger partial charge >= 0.3 is 6.01 Å². The lowest BCUT2D eigenvalue weighted by Gasteiger charge is -2.35. The van der Waals surface area contributed by atoms with Gasteiger partial charge in [-0.15, -0.1) is 0 Å². The fourth-order valence-electron chi connectivity index (χ4n) is 7.61. The lowest BCUT2D eigenvalue weighted by Crippen LogP contribution is -2.53. The zero-order valence-corrected chi connectivity index (χ0v) is 25.0. The number of pyridine rings is 1. The second-order valence-corrected chi connectivity index (χ2v) is 12.6. The molecule has 8 rings (SSSR count). The van der Waals surface area contributed by atoms with E-state index in [2.05, 4.69) is 25.1 Å². The quantitative estimate of drug-likeness (QED) is 0.325. The van der Waals surface area contributed by atoms with Crippen LogP contribution in [-0.4, -0.2) is 102 Å². The van der Waals surface area contributed by atoms with Crippen LogP contribution in [-0.2, 0) is 9.47 Å². The van der Waals surface area contributed by atoms with E-state index in [1.165, 1.54) is 24.4 Å². The summed E-state index contributed by atoms with van der Waals surface area (Å²) in [4.78, 5) is 18.5. The van der Waals surface area contributed by atoms with Gasteiger partial charge < -0.3 is 29.5 Å². The van der Waals surface area contributed by atoms with E-state index in [1.807, 2.05) is 0 Å². The van der Waals surface area contributed by atoms with E-state index in [9.17, 15) is 5.11 Å². The summed E-state index contributed by atoms with van der Waals surface area (Å²) >= 11 is 0. The monoisotopic (exact) mass is 618 g/mol. The van der Waals surface area contributed by atoms with E-state index in [0.717, 1.165) is 38.8 Å². The van der Waals surface area contributed by atoms with Crippen molar-refractivity contribution in [2.45, 2.75) is 43.4 Å². The van der Waals surface area contributed by atoms with E-state index >= 15 is 8.78 Å². The number of fused-ring (bicyclic) bond motifs is 9. The number of aromatic nitrogens is 3. The number of halogens is 2. The van der Waals surface area contributed by atoms with Crippen molar-refractivity contribution in [3.05, 3.63) is 48.2 Å². The number of hydrogen-bond donors (Lipinski definition) is 2. The number of rotatable bonds is 1. The van der Waals surface area contributed by atoms with Gasteiger partial charge in [-0.1, -0.05) is 12.1 Å². The predicted molar refractivity (Wildman–Crippen MR) is 165 cm³/mol. The van der Waals surface area contributed by atoms with Crippen LogP contribution < -0.4 is 15.0 Å². The molecule has 12 heteroatoms. The average Bonchev–Trinajstić information content (AvgIpc) is 3.58. The number of nitrogens with zero attached hydrogens (tertiary/aromatic N) is 5. The number of nitrogens with one attached hydrogen (secondary N) is 1. The van der Waals surface area contributed by atoms with Crippen LogP contribution in [0.15, 0.2) is 36.5 Å². The lowest BCUT2D eigenvalue weighted by atomic mass is 9.94. The molecule has 2 aromatic carbocycles. The van der Waals surface area contributed by atoms with Crippen LogP contribution >= 0.6 is 0 Å². The van der Waals surface area contributed by atoms with Gasteiger partial charge in [0.15, 0.2) is 5.82 Å². The summed E-state index contributed by atoms with van der Waals surface area (Å²) in [6.45, 7) is 5.93. The van der Waals surface area contributed by atoms with Gasteiger partial charge in [0, 0.05) is 62.6 Å². The Hall–Kier alpha value is -3.71. The van der Waals surface area contributed by atoms with E-state index in [-0.39, 0.29) is 51.6 Å². The van der Waals surface area contributed by atoms with Crippen molar-refractivity contribution < 1.29 is 28.1 Å². The van der Waals surface area contributed by atoms with Crippen LogP contribution in [0.1, 0.15) is 25.7 Å². The van der Waals surface area contributed by atoms with E-state index in [0.29, 0.717) is 62.7 Å². The molecule has 0 amide bonds. The third-order valence-corrected chi connectivity index (χ3v) is 9.71. The molecule has 0 saturated carbocycles. The van der Waals surface area contributed by atoms with E-state index in [4.69, 9.17) is 19.2 Å². The van der Waals surface area contributed by atoms with Gasteiger partial charge in [0.1, 0.15) is 35.2 Å². The maximum absolute atomic E-state index is 16.7. The number of phenolic OH excluding ortho intramolecular Hbond substituents is 1. The van der Waals surface area contributed by atoms with Gasteiger partial charge in [0.05, 0.1) is 23.6 Å². The molecule has 0 radical (unpaired) electrons. The first-order chi connectivity index (χ1) is 22.0. The summed E-state index contributed by atoms with van der Waals surface area (Å²) in [7, 11) is 0. The number of ether oxygens (including phenoxy) is 3. The molecule has 3 atom stereocenters. The summed E-state index contributed by atoms with van der Waals surface area (Å²) in [6, 6.07) is 7.44.